The van der Waals surface area contributed by atoms with Gasteiger partial charge in [0.05, 0.1) is 22.8 Å². The first-order chi connectivity index (χ1) is 23.9. The molecule has 0 saturated heterocycles. The van der Waals surface area contributed by atoms with Crippen LogP contribution in [-0.2, 0) is 21.6 Å². The van der Waals surface area contributed by atoms with Gasteiger partial charge in [-0.3, -0.25) is 14.8 Å². The van der Waals surface area contributed by atoms with Gasteiger partial charge in [-0.2, -0.15) is 0 Å². The van der Waals surface area contributed by atoms with E-state index in [2.05, 4.69) is 61.4 Å². The van der Waals surface area contributed by atoms with E-state index < -0.39 is 12.3 Å². The van der Waals surface area contributed by atoms with E-state index in [1.165, 1.54) is 83.9 Å². The van der Waals surface area contributed by atoms with Crippen molar-refractivity contribution in [2.75, 3.05) is 14.1 Å². The van der Waals surface area contributed by atoms with Crippen LogP contribution in [0.1, 0.15) is 165 Å². The second-order valence-corrected chi connectivity index (χ2v) is 12.8. The summed E-state index contributed by atoms with van der Waals surface area (Å²) >= 11 is 0. The number of unbranched alkanes of at least 4 members (excludes halogenated alkanes) is 9. The number of carboxylic acid groups (broad SMARTS) is 1. The number of aromatic nitrogens is 1. The summed E-state index contributed by atoms with van der Waals surface area (Å²) in [6.07, 6.45) is 20.0. The molecule has 0 aliphatic carbocycles. The molecule has 0 atom stereocenters. The molecule has 1 rings (SSSR count). The normalized spacial score (nSPS) is 10.4. The van der Waals surface area contributed by atoms with Gasteiger partial charge in [0, 0.05) is 59.2 Å². The molecule has 10 heteroatoms. The van der Waals surface area contributed by atoms with Gasteiger partial charge in [0.15, 0.2) is 6.29 Å². The zero-order valence-corrected chi connectivity index (χ0v) is 39.7. The molecule has 3 N–H and O–H groups in total. The number of rotatable bonds is 17. The average Bonchev–Trinajstić information content (AvgIpc) is 3.10. The number of carbonyl (C=O) groups is 1. The maximum Gasteiger partial charge on any atom is 0.303 e. The van der Waals surface area contributed by atoms with Crippen LogP contribution in [0.25, 0.3) is 0 Å². The summed E-state index contributed by atoms with van der Waals surface area (Å²) in [7, 11) is 6.25. The maximum absolute atomic E-state index is 10.0. The molecule has 0 aliphatic heterocycles. The summed E-state index contributed by atoms with van der Waals surface area (Å²) in [4.78, 5) is 22.7. The summed E-state index contributed by atoms with van der Waals surface area (Å²) in [5.41, 5.74) is 3.70. The molecule has 299 valence electrons. The molecule has 0 fully saturated rings. The number of aliphatic imine (C=N–C) groups is 2. The third-order valence-corrected chi connectivity index (χ3v) is 7.58. The standard InChI is InChI=1S/C11H15N3.C8H18O2.C8H16O2.C4H12Si.C4H10Si.C3H6.C2H6.Co/c1-8(12-3)10-6-5-7-11(14-10)9(2)13-4;2*1-2-3-4-5-6-7-8(9)10;2*1-2-3-4-5;1-3-2;1-2;/h5-7H,1-4H3;8-10H,2-7H2,1H3;2-7H2,1H3,(H,9,10);2-4H2,1,5H3;2-3H,4H2,1,5H3;3H,1H2,2H3;1-2H3;/i;;;;;;1D;. The third kappa shape index (κ3) is 64.8. The zero-order chi connectivity index (χ0) is 39.8. The van der Waals surface area contributed by atoms with Gasteiger partial charge in [0.25, 0.3) is 0 Å². The number of aliphatic carboxylic acids is 1. The minimum absolute atomic E-state index is 0. The smallest absolute Gasteiger partial charge is 0.303 e. The van der Waals surface area contributed by atoms with Gasteiger partial charge in [-0.05, 0) is 65.1 Å². The van der Waals surface area contributed by atoms with Crippen LogP contribution < -0.4 is 0 Å². The first-order valence-electron chi connectivity index (χ1n) is 19.5. The molecule has 1 heterocycles. The van der Waals surface area contributed by atoms with Crippen LogP contribution >= 0.6 is 0 Å². The molecule has 0 unspecified atom stereocenters. The Labute approximate surface area is 328 Å². The van der Waals surface area contributed by atoms with Crippen LogP contribution in [0, 0.1) is 0 Å². The van der Waals surface area contributed by atoms with Crippen molar-refractivity contribution in [3.05, 3.63) is 54.4 Å². The molecular weight excluding hydrogens is 702 g/mol. The van der Waals surface area contributed by atoms with Crippen molar-refractivity contribution < 1.29 is 38.3 Å². The molecule has 0 spiro atoms. The fourth-order valence-corrected chi connectivity index (χ4v) is 4.64. The Morgan fingerprint density at radius 2 is 1.28 bits per heavy atom. The fraction of sp³-hybridized carbons (Fsp3) is 0.700. The topological polar surface area (TPSA) is 115 Å². The largest absolute Gasteiger partial charge is 0.481 e. The SMILES string of the molecule is C=CC.CC=CC[SiH3].CCCCCCCC(=O)O.CCCCCCCC(O)O.CCCC[SiH3].CN=C(C)c1cccc(C(C)=NC)n1.[2H]CC.[Co]. The Hall–Kier alpha value is -1.70. The molecule has 1 aromatic rings. The van der Waals surface area contributed by atoms with E-state index in [0.717, 1.165) is 48.5 Å². The van der Waals surface area contributed by atoms with Crippen molar-refractivity contribution in [1.82, 2.24) is 4.98 Å². The predicted molar refractivity (Wildman–Crippen MR) is 230 cm³/mol. The Morgan fingerprint density at radius 3 is 1.54 bits per heavy atom. The third-order valence-electron chi connectivity index (χ3n) is 6.40. The van der Waals surface area contributed by atoms with E-state index >= 15 is 0 Å². The van der Waals surface area contributed by atoms with Crippen LogP contribution in [0.5, 0.6) is 0 Å². The number of carboxylic acids is 1. The Kier molecular flexibility index (Phi) is 71.8. The van der Waals surface area contributed by atoms with Gasteiger partial charge in [-0.15, -0.1) is 6.58 Å². The quantitative estimate of drug-likeness (QED) is 0.0479. The molecule has 7 nitrogen and oxygen atoms in total. The predicted octanol–water partition coefficient (Wildman–Crippen LogP) is 9.18. The monoisotopic (exact) mass is 786 g/mol. The average molecular weight is 786 g/mol. The van der Waals surface area contributed by atoms with Crippen molar-refractivity contribution in [2.45, 2.75) is 171 Å². The van der Waals surface area contributed by atoms with Crippen LogP contribution in [0.3, 0.4) is 0 Å². The van der Waals surface area contributed by atoms with Crippen LogP contribution in [-0.4, -0.2) is 78.6 Å². The maximum atomic E-state index is 10.0. The zero-order valence-electron chi connectivity index (χ0n) is 35.7. The molecule has 0 bridgehead atoms. The van der Waals surface area contributed by atoms with E-state index in [1.807, 2.05) is 39.0 Å². The first kappa shape index (κ1) is 60.4. The molecule has 1 aromatic heterocycles. The Balaban J connectivity index is -0.0000000946. The van der Waals surface area contributed by atoms with Gasteiger partial charge in [0.1, 0.15) is 0 Å². The number of aliphatic hydroxyl groups is 2. The van der Waals surface area contributed by atoms with Gasteiger partial charge >= 0.3 is 5.97 Å². The second-order valence-electron chi connectivity index (χ2n) is 11.0. The fourth-order valence-electron chi connectivity index (χ4n) is 3.47. The number of aliphatic hydroxyl groups excluding tert-OH is 1. The number of pyridine rings is 1. The van der Waals surface area contributed by atoms with Crippen molar-refractivity contribution in [2.24, 2.45) is 9.98 Å². The van der Waals surface area contributed by atoms with Crippen LogP contribution in [0.2, 0.25) is 12.1 Å². The Morgan fingerprint density at radius 1 is 0.880 bits per heavy atom. The molecule has 0 saturated carbocycles. The van der Waals surface area contributed by atoms with Crippen LogP contribution in [0.4, 0.5) is 0 Å². The molecule has 0 amide bonds. The van der Waals surface area contributed by atoms with Crippen molar-refractivity contribution in [3.8, 4) is 0 Å². The summed E-state index contributed by atoms with van der Waals surface area (Å²) in [5, 5.41) is 25.2. The van der Waals surface area contributed by atoms with Gasteiger partial charge in [-0.25, -0.2) is 4.98 Å². The molecule has 1 radical (unpaired) electrons. The number of hydrogen-bond donors (Lipinski definition) is 3. The summed E-state index contributed by atoms with van der Waals surface area (Å²) in [6.45, 7) is 20.0. The molecule has 0 aliphatic rings. The number of allylic oxidation sites excluding steroid dienone is 3. The summed E-state index contributed by atoms with van der Waals surface area (Å²) < 4.78 is 6.21. The Bertz CT molecular complexity index is 871. The van der Waals surface area contributed by atoms with Crippen molar-refractivity contribution in [3.63, 3.8) is 0 Å². The van der Waals surface area contributed by atoms with Crippen LogP contribution in [0.15, 0.2) is 53.0 Å². The van der Waals surface area contributed by atoms with E-state index in [4.69, 9.17) is 16.7 Å². The van der Waals surface area contributed by atoms with E-state index in [-0.39, 0.29) is 16.8 Å². The minimum atomic E-state index is -1.10. The minimum Gasteiger partial charge on any atom is -0.481 e. The molecule has 50 heavy (non-hydrogen) atoms. The van der Waals surface area contributed by atoms with E-state index in [1.54, 1.807) is 27.1 Å². The van der Waals surface area contributed by atoms with Crippen molar-refractivity contribution >= 4 is 37.9 Å². The van der Waals surface area contributed by atoms with Crippen molar-refractivity contribution in [1.29, 1.82) is 0 Å². The van der Waals surface area contributed by atoms with Gasteiger partial charge < -0.3 is 15.3 Å². The second kappa shape index (κ2) is 59.4. The molecular formula is C40H83CoN3O4Si2. The van der Waals surface area contributed by atoms with Gasteiger partial charge in [0.2, 0.25) is 0 Å². The number of nitrogens with zero attached hydrogens (tertiary/aromatic N) is 3. The van der Waals surface area contributed by atoms with Gasteiger partial charge in [-0.1, -0.05) is 129 Å². The molecule has 0 aromatic carbocycles. The summed E-state index contributed by atoms with van der Waals surface area (Å²) in [6, 6.07) is 8.66. The van der Waals surface area contributed by atoms with E-state index in [9.17, 15) is 4.79 Å². The van der Waals surface area contributed by atoms with E-state index in [0.29, 0.717) is 19.7 Å². The first-order valence-corrected chi connectivity index (χ1v) is 21.6. The summed E-state index contributed by atoms with van der Waals surface area (Å²) in [5.74, 6) is -0.670. The number of hydrogen-bond acceptors (Lipinski definition) is 6.